The minimum Gasteiger partial charge on any atom is -0.393 e. The zero-order valence-electron chi connectivity index (χ0n) is 14.1. The highest BCUT2D eigenvalue weighted by Gasteiger charge is 2.23. The van der Waals surface area contributed by atoms with Gasteiger partial charge in [0.05, 0.1) is 12.8 Å². The SMILES string of the molecule is CCc1ccc(C(=O)Nc2nc(=O)n([C@H]3C=C[C@@H](CO)O3)cc2F)cc1. The number of rotatable bonds is 5. The van der Waals surface area contributed by atoms with Gasteiger partial charge in [0.25, 0.3) is 5.91 Å². The summed E-state index contributed by atoms with van der Waals surface area (Å²) in [6, 6.07) is 6.86. The number of aromatic nitrogens is 2. The fourth-order valence-electron chi connectivity index (χ4n) is 2.54. The maximum atomic E-state index is 14.3. The average molecular weight is 359 g/mol. The van der Waals surface area contributed by atoms with Crippen LogP contribution in [0, 0.1) is 5.82 Å². The number of benzene rings is 1. The summed E-state index contributed by atoms with van der Waals surface area (Å²) < 4.78 is 20.6. The van der Waals surface area contributed by atoms with Gasteiger partial charge in [-0.3, -0.25) is 9.36 Å². The first kappa shape index (κ1) is 18.0. The van der Waals surface area contributed by atoms with E-state index >= 15 is 0 Å². The summed E-state index contributed by atoms with van der Waals surface area (Å²) in [6.45, 7) is 1.75. The highest BCUT2D eigenvalue weighted by molar-refractivity contribution is 6.03. The predicted octanol–water partition coefficient (Wildman–Crippen LogP) is 1.64. The molecule has 2 atom stereocenters. The molecular weight excluding hydrogens is 341 g/mol. The van der Waals surface area contributed by atoms with Gasteiger partial charge in [0, 0.05) is 5.56 Å². The van der Waals surface area contributed by atoms with E-state index < -0.39 is 35.6 Å². The molecule has 2 N–H and O–H groups in total. The Balaban J connectivity index is 1.78. The molecule has 2 aromatic rings. The van der Waals surface area contributed by atoms with Crippen molar-refractivity contribution in [2.24, 2.45) is 0 Å². The monoisotopic (exact) mass is 359 g/mol. The first-order chi connectivity index (χ1) is 12.5. The molecule has 0 radical (unpaired) electrons. The minimum absolute atomic E-state index is 0.247. The summed E-state index contributed by atoms with van der Waals surface area (Å²) in [5.74, 6) is -1.88. The van der Waals surface area contributed by atoms with Crippen LogP contribution in [0.2, 0.25) is 0 Å². The number of ether oxygens (including phenoxy) is 1. The summed E-state index contributed by atoms with van der Waals surface area (Å²) in [4.78, 5) is 27.9. The maximum absolute atomic E-state index is 14.3. The number of hydrogen-bond acceptors (Lipinski definition) is 5. The molecular formula is C18H18FN3O4. The molecule has 1 aliphatic rings. The summed E-state index contributed by atoms with van der Waals surface area (Å²) in [5.41, 5.74) is 0.621. The molecule has 0 saturated heterocycles. The topological polar surface area (TPSA) is 93.5 Å². The highest BCUT2D eigenvalue weighted by Crippen LogP contribution is 2.20. The first-order valence-corrected chi connectivity index (χ1v) is 8.15. The van der Waals surface area contributed by atoms with Crippen molar-refractivity contribution in [2.45, 2.75) is 25.7 Å². The van der Waals surface area contributed by atoms with Crippen molar-refractivity contribution in [1.29, 1.82) is 0 Å². The smallest absolute Gasteiger partial charge is 0.352 e. The van der Waals surface area contributed by atoms with Crippen LogP contribution in [0.5, 0.6) is 0 Å². The number of carbonyl (C=O) groups excluding carboxylic acids is 1. The molecule has 1 amide bonds. The van der Waals surface area contributed by atoms with E-state index in [-0.39, 0.29) is 6.61 Å². The van der Waals surface area contributed by atoms with E-state index in [0.717, 1.165) is 22.7 Å². The molecule has 0 aliphatic carbocycles. The third-order valence-corrected chi connectivity index (χ3v) is 4.02. The zero-order valence-corrected chi connectivity index (χ0v) is 14.1. The minimum atomic E-state index is -0.868. The van der Waals surface area contributed by atoms with Gasteiger partial charge >= 0.3 is 5.69 Å². The molecule has 1 aromatic heterocycles. The van der Waals surface area contributed by atoms with Crippen LogP contribution >= 0.6 is 0 Å². The number of hydrogen-bond donors (Lipinski definition) is 2. The van der Waals surface area contributed by atoms with Crippen LogP contribution in [0.15, 0.2) is 47.4 Å². The van der Waals surface area contributed by atoms with Crippen LogP contribution in [0.4, 0.5) is 10.2 Å². The van der Waals surface area contributed by atoms with Gasteiger partial charge in [0.15, 0.2) is 17.9 Å². The second kappa shape index (κ2) is 7.59. The van der Waals surface area contributed by atoms with Crippen molar-refractivity contribution >= 4 is 11.7 Å². The molecule has 1 aromatic carbocycles. The summed E-state index contributed by atoms with van der Waals surface area (Å²) in [7, 11) is 0. The lowest BCUT2D eigenvalue weighted by atomic mass is 10.1. The van der Waals surface area contributed by atoms with Crippen molar-refractivity contribution < 1.29 is 19.0 Å². The van der Waals surface area contributed by atoms with E-state index in [4.69, 9.17) is 9.84 Å². The molecule has 26 heavy (non-hydrogen) atoms. The van der Waals surface area contributed by atoms with Crippen LogP contribution in [0.1, 0.15) is 29.1 Å². The normalized spacial score (nSPS) is 18.9. The molecule has 7 nitrogen and oxygen atoms in total. The first-order valence-electron chi connectivity index (χ1n) is 8.15. The van der Waals surface area contributed by atoms with E-state index in [9.17, 15) is 14.0 Å². The Bertz CT molecular complexity index is 892. The van der Waals surface area contributed by atoms with Gasteiger partial charge in [-0.05, 0) is 30.2 Å². The molecule has 3 rings (SSSR count). The van der Waals surface area contributed by atoms with Crippen molar-refractivity contribution in [1.82, 2.24) is 9.55 Å². The van der Waals surface area contributed by atoms with E-state index in [1.165, 1.54) is 6.08 Å². The quantitative estimate of drug-likeness (QED) is 0.792. The number of amides is 1. The molecule has 0 fully saturated rings. The molecule has 2 heterocycles. The summed E-state index contributed by atoms with van der Waals surface area (Å²) in [5, 5.41) is 11.3. The summed E-state index contributed by atoms with van der Waals surface area (Å²) >= 11 is 0. The third-order valence-electron chi connectivity index (χ3n) is 4.02. The van der Waals surface area contributed by atoms with Crippen LogP contribution in [0.25, 0.3) is 0 Å². The number of nitrogens with zero attached hydrogens (tertiary/aromatic N) is 2. The Labute approximate surface area is 148 Å². The Morgan fingerprint density at radius 2 is 2.08 bits per heavy atom. The van der Waals surface area contributed by atoms with Crippen LogP contribution in [-0.4, -0.2) is 33.3 Å². The standard InChI is InChI=1S/C18H18FN3O4/c1-2-11-3-5-12(6-4-11)17(24)20-16-14(19)9-22(18(25)21-16)15-8-7-13(10-23)26-15/h3-9,13,15,23H,2,10H2,1H3,(H,20,21,24,25)/t13-,15+/m0/s1. The number of aliphatic hydroxyl groups is 1. The lowest BCUT2D eigenvalue weighted by Gasteiger charge is -2.15. The van der Waals surface area contributed by atoms with Crippen molar-refractivity contribution in [2.75, 3.05) is 11.9 Å². The summed E-state index contributed by atoms with van der Waals surface area (Å²) in [6.07, 6.45) is 3.44. The third kappa shape index (κ3) is 3.71. The Morgan fingerprint density at radius 1 is 1.35 bits per heavy atom. The molecule has 0 unspecified atom stereocenters. The number of aryl methyl sites for hydroxylation is 1. The number of aliphatic hydroxyl groups excluding tert-OH is 1. The van der Waals surface area contributed by atoms with Gasteiger partial charge in [0.1, 0.15) is 6.10 Å². The number of nitrogens with one attached hydrogen (secondary N) is 1. The van der Waals surface area contributed by atoms with Crippen LogP contribution in [0.3, 0.4) is 0 Å². The van der Waals surface area contributed by atoms with Gasteiger partial charge in [-0.2, -0.15) is 4.98 Å². The zero-order chi connectivity index (χ0) is 18.7. The van der Waals surface area contributed by atoms with E-state index in [1.54, 1.807) is 30.3 Å². The lowest BCUT2D eigenvalue weighted by molar-refractivity contribution is -0.0106. The lowest BCUT2D eigenvalue weighted by Crippen LogP contribution is -2.30. The molecule has 1 aliphatic heterocycles. The second-order valence-corrected chi connectivity index (χ2v) is 5.76. The fraction of sp³-hybridized carbons (Fsp3) is 0.278. The number of carbonyl (C=O) groups is 1. The van der Waals surface area contributed by atoms with E-state index in [2.05, 4.69) is 10.3 Å². The molecule has 0 bridgehead atoms. The van der Waals surface area contributed by atoms with Crippen molar-refractivity contribution in [3.63, 3.8) is 0 Å². The van der Waals surface area contributed by atoms with Gasteiger partial charge < -0.3 is 15.2 Å². The Kier molecular flexibility index (Phi) is 5.24. The van der Waals surface area contributed by atoms with Gasteiger partial charge in [-0.25, -0.2) is 9.18 Å². The Morgan fingerprint density at radius 3 is 2.69 bits per heavy atom. The van der Waals surface area contributed by atoms with Crippen LogP contribution < -0.4 is 11.0 Å². The predicted molar refractivity (Wildman–Crippen MR) is 92.4 cm³/mol. The number of anilines is 1. The average Bonchev–Trinajstić information content (AvgIpc) is 3.13. The second-order valence-electron chi connectivity index (χ2n) is 5.76. The van der Waals surface area contributed by atoms with Gasteiger partial charge in [0.2, 0.25) is 0 Å². The van der Waals surface area contributed by atoms with E-state index in [0.29, 0.717) is 5.56 Å². The molecule has 0 spiro atoms. The number of halogens is 1. The van der Waals surface area contributed by atoms with Crippen molar-refractivity contribution in [3.8, 4) is 0 Å². The molecule has 8 heteroatoms. The fourth-order valence-corrected chi connectivity index (χ4v) is 2.54. The molecule has 136 valence electrons. The van der Waals surface area contributed by atoms with Gasteiger partial charge in [-0.1, -0.05) is 25.1 Å². The maximum Gasteiger partial charge on any atom is 0.352 e. The van der Waals surface area contributed by atoms with E-state index in [1.807, 2.05) is 6.92 Å². The van der Waals surface area contributed by atoms with Gasteiger partial charge in [-0.15, -0.1) is 0 Å². The van der Waals surface area contributed by atoms with Crippen molar-refractivity contribution in [3.05, 3.63) is 70.0 Å². The molecule has 0 saturated carbocycles. The van der Waals surface area contributed by atoms with Crippen LogP contribution in [-0.2, 0) is 11.2 Å². The highest BCUT2D eigenvalue weighted by atomic mass is 19.1. The Hall–Kier alpha value is -2.84. The largest absolute Gasteiger partial charge is 0.393 e.